The van der Waals surface area contributed by atoms with Gasteiger partial charge in [0.15, 0.2) is 11.5 Å². The summed E-state index contributed by atoms with van der Waals surface area (Å²) in [5, 5.41) is 0. The van der Waals surface area contributed by atoms with E-state index in [-0.39, 0.29) is 18.8 Å². The number of rotatable bonds is 1. The van der Waals surface area contributed by atoms with Gasteiger partial charge in [-0.25, -0.2) is 0 Å². The van der Waals surface area contributed by atoms with Gasteiger partial charge < -0.3 is 19.1 Å². The first-order valence-corrected chi connectivity index (χ1v) is 7.61. The van der Waals surface area contributed by atoms with Gasteiger partial charge in [0.2, 0.25) is 6.79 Å². The lowest BCUT2D eigenvalue weighted by Crippen LogP contribution is -2.47. The number of hydrogen-bond acceptors (Lipinski definition) is 4. The van der Waals surface area contributed by atoms with E-state index in [1.54, 1.807) is 13.2 Å². The number of carbonyl (C=O) groups excluding carboxylic acids is 1. The first kappa shape index (κ1) is 13.0. The molecule has 0 bridgehead atoms. The van der Waals surface area contributed by atoms with Gasteiger partial charge in [0.05, 0.1) is 6.10 Å². The van der Waals surface area contributed by atoms with Crippen LogP contribution < -0.4 is 9.47 Å². The van der Waals surface area contributed by atoms with Crippen molar-refractivity contribution in [3.8, 4) is 11.5 Å². The molecular formula is C18H15NO4. The van der Waals surface area contributed by atoms with E-state index >= 15 is 0 Å². The van der Waals surface area contributed by atoms with Crippen molar-refractivity contribution < 1.29 is 19.0 Å². The number of ether oxygens (including phenoxy) is 3. The zero-order valence-electron chi connectivity index (χ0n) is 12.6. The minimum atomic E-state index is -0.516. The summed E-state index contributed by atoms with van der Waals surface area (Å²) in [7, 11) is 1.70. The molecule has 0 fully saturated rings. The number of carbonyl (C=O) groups is 1. The van der Waals surface area contributed by atoms with E-state index in [0.717, 1.165) is 28.2 Å². The number of benzene rings is 1. The highest BCUT2D eigenvalue weighted by atomic mass is 16.7. The maximum atomic E-state index is 12.5. The number of fused-ring (bicyclic) bond motifs is 2. The van der Waals surface area contributed by atoms with Gasteiger partial charge in [0.25, 0.3) is 5.91 Å². The predicted molar refractivity (Wildman–Crippen MR) is 82.8 cm³/mol. The predicted octanol–water partition coefficient (Wildman–Crippen LogP) is 2.34. The molecule has 0 saturated carbocycles. The lowest BCUT2D eigenvalue weighted by Gasteiger charge is -2.45. The van der Waals surface area contributed by atoms with Gasteiger partial charge >= 0.3 is 0 Å². The number of nitrogens with zero attached hydrogens (tertiary/aromatic N) is 1. The molecule has 1 aromatic rings. The van der Waals surface area contributed by atoms with Crippen LogP contribution in [0.15, 0.2) is 42.1 Å². The number of hydrogen-bond donors (Lipinski definition) is 0. The van der Waals surface area contributed by atoms with Crippen LogP contribution in [-0.2, 0) is 15.1 Å². The molecule has 1 spiro atoms. The van der Waals surface area contributed by atoms with Crippen molar-refractivity contribution in [1.82, 2.24) is 4.90 Å². The van der Waals surface area contributed by atoms with Gasteiger partial charge in [0.1, 0.15) is 5.54 Å². The first-order chi connectivity index (χ1) is 11.2. The van der Waals surface area contributed by atoms with Crippen LogP contribution in [0.3, 0.4) is 0 Å². The molecule has 2 atom stereocenters. The average molecular weight is 309 g/mol. The molecule has 0 aromatic heterocycles. The van der Waals surface area contributed by atoms with Crippen molar-refractivity contribution in [1.29, 1.82) is 0 Å². The Bertz CT molecular complexity index is 823. The van der Waals surface area contributed by atoms with Gasteiger partial charge in [-0.2, -0.15) is 0 Å². The van der Waals surface area contributed by atoms with Crippen LogP contribution >= 0.6 is 0 Å². The average Bonchev–Trinajstić information content (AvgIpc) is 3.13. The Morgan fingerprint density at radius 1 is 1.26 bits per heavy atom. The summed E-state index contributed by atoms with van der Waals surface area (Å²) in [5.41, 5.74) is 2.60. The molecule has 0 radical (unpaired) electrons. The zero-order chi connectivity index (χ0) is 15.6. The summed E-state index contributed by atoms with van der Waals surface area (Å²) >= 11 is 0. The molecule has 0 N–H and O–H groups in total. The fraction of sp³-hybridized carbons (Fsp3) is 0.278. The normalized spacial score (nSPS) is 29.3. The van der Waals surface area contributed by atoms with Crippen molar-refractivity contribution in [2.24, 2.45) is 0 Å². The molecule has 1 aliphatic carbocycles. The summed E-state index contributed by atoms with van der Waals surface area (Å²) in [4.78, 5) is 14.3. The Morgan fingerprint density at radius 2 is 2.09 bits per heavy atom. The van der Waals surface area contributed by atoms with E-state index in [0.29, 0.717) is 6.42 Å². The first-order valence-electron chi connectivity index (χ1n) is 7.61. The smallest absolute Gasteiger partial charge is 0.251 e. The van der Waals surface area contributed by atoms with Crippen molar-refractivity contribution in [3.05, 3.63) is 53.3 Å². The van der Waals surface area contributed by atoms with Crippen molar-refractivity contribution >= 4 is 12.0 Å². The standard InChI is InChI=1S/C18H15NO4/c1-21-13-3-2-12-7-17(20)19-5-4-11-6-15-16(23-10-22-15)8-14(11)18(12,19)9-13/h2-8,13H,9-10H2,1H3/t13-,18-/m0/s1. The second-order valence-electron chi connectivity index (χ2n) is 6.11. The van der Waals surface area contributed by atoms with E-state index in [1.807, 2.05) is 41.5 Å². The van der Waals surface area contributed by atoms with Gasteiger partial charge in [-0.3, -0.25) is 4.79 Å². The number of amides is 1. The van der Waals surface area contributed by atoms with E-state index in [2.05, 4.69) is 0 Å². The summed E-state index contributed by atoms with van der Waals surface area (Å²) in [5.74, 6) is 1.49. The summed E-state index contributed by atoms with van der Waals surface area (Å²) in [6.45, 7) is 0.237. The second kappa shape index (κ2) is 4.26. The van der Waals surface area contributed by atoms with Crippen molar-refractivity contribution in [2.45, 2.75) is 18.1 Å². The van der Waals surface area contributed by atoms with Crippen LogP contribution in [-0.4, -0.2) is 30.8 Å². The topological polar surface area (TPSA) is 48.0 Å². The van der Waals surface area contributed by atoms with E-state index < -0.39 is 5.54 Å². The Labute approximate surface area is 133 Å². The largest absolute Gasteiger partial charge is 0.454 e. The maximum Gasteiger partial charge on any atom is 0.251 e. The van der Waals surface area contributed by atoms with Crippen LogP contribution in [0.25, 0.3) is 6.08 Å². The minimum absolute atomic E-state index is 0.000898. The molecule has 0 unspecified atom stereocenters. The van der Waals surface area contributed by atoms with Crippen LogP contribution in [0.4, 0.5) is 0 Å². The summed E-state index contributed by atoms with van der Waals surface area (Å²) < 4.78 is 16.6. The van der Waals surface area contributed by atoms with E-state index in [9.17, 15) is 4.79 Å². The molecule has 3 heterocycles. The summed E-state index contributed by atoms with van der Waals surface area (Å²) in [6.07, 6.45) is 10.2. The third-order valence-electron chi connectivity index (χ3n) is 5.09. The second-order valence-corrected chi connectivity index (χ2v) is 6.11. The zero-order valence-corrected chi connectivity index (χ0v) is 12.6. The highest BCUT2D eigenvalue weighted by Crippen LogP contribution is 2.53. The Kier molecular flexibility index (Phi) is 2.40. The van der Waals surface area contributed by atoms with Crippen LogP contribution in [0.2, 0.25) is 0 Å². The monoisotopic (exact) mass is 309 g/mol. The quantitative estimate of drug-likeness (QED) is 0.799. The molecule has 116 valence electrons. The van der Waals surface area contributed by atoms with E-state index in [1.165, 1.54) is 0 Å². The molecule has 4 aliphatic rings. The van der Waals surface area contributed by atoms with Gasteiger partial charge in [-0.1, -0.05) is 12.2 Å². The van der Waals surface area contributed by atoms with Crippen LogP contribution in [0.1, 0.15) is 17.5 Å². The lowest BCUT2D eigenvalue weighted by atomic mass is 9.72. The fourth-order valence-electron chi connectivity index (χ4n) is 3.99. The maximum absolute atomic E-state index is 12.5. The fourth-order valence-corrected chi connectivity index (χ4v) is 3.99. The Morgan fingerprint density at radius 3 is 2.91 bits per heavy atom. The van der Waals surface area contributed by atoms with Crippen LogP contribution in [0.5, 0.6) is 11.5 Å². The lowest BCUT2D eigenvalue weighted by molar-refractivity contribution is -0.126. The third kappa shape index (κ3) is 1.52. The molecule has 5 rings (SSSR count). The Balaban J connectivity index is 1.77. The SMILES string of the molecule is CO[C@H]1C=CC2=CC(=O)N3C=Cc4cc5c(cc4[C@]23C1)OCO5. The van der Waals surface area contributed by atoms with Crippen LogP contribution in [0, 0.1) is 0 Å². The van der Waals surface area contributed by atoms with Gasteiger partial charge in [-0.05, 0) is 34.9 Å². The minimum Gasteiger partial charge on any atom is -0.454 e. The molecule has 5 nitrogen and oxygen atoms in total. The summed E-state index contributed by atoms with van der Waals surface area (Å²) in [6, 6.07) is 3.99. The molecule has 1 amide bonds. The van der Waals surface area contributed by atoms with E-state index in [4.69, 9.17) is 14.2 Å². The molecule has 23 heavy (non-hydrogen) atoms. The molecular weight excluding hydrogens is 294 g/mol. The highest BCUT2D eigenvalue weighted by molar-refractivity contribution is 5.97. The molecule has 5 heteroatoms. The van der Waals surface area contributed by atoms with Gasteiger partial charge in [-0.15, -0.1) is 0 Å². The molecule has 3 aliphatic heterocycles. The third-order valence-corrected chi connectivity index (χ3v) is 5.09. The van der Waals surface area contributed by atoms with Gasteiger partial charge in [0, 0.05) is 25.8 Å². The van der Waals surface area contributed by atoms with Crippen molar-refractivity contribution in [2.75, 3.05) is 13.9 Å². The Hall–Kier alpha value is -2.53. The molecule has 1 aromatic carbocycles. The van der Waals surface area contributed by atoms with Crippen molar-refractivity contribution in [3.63, 3.8) is 0 Å². The molecule has 0 saturated heterocycles. The highest BCUT2D eigenvalue weighted by Gasteiger charge is 2.52. The number of methoxy groups -OCH3 is 1.